The van der Waals surface area contributed by atoms with E-state index in [0.717, 1.165) is 24.3 Å². The molecule has 0 unspecified atom stereocenters. The summed E-state index contributed by atoms with van der Waals surface area (Å²) < 4.78 is 48.8. The second-order valence-corrected chi connectivity index (χ2v) is 7.08. The second kappa shape index (κ2) is 5.90. The maximum Gasteiger partial charge on any atom is 0.391 e. The van der Waals surface area contributed by atoms with Crippen LogP contribution in [0.2, 0.25) is 0 Å². The van der Waals surface area contributed by atoms with Gasteiger partial charge in [0.1, 0.15) is 0 Å². The van der Waals surface area contributed by atoms with Crippen LogP contribution < -0.4 is 5.32 Å². The molecule has 0 aromatic rings. The molecule has 2 rings (SSSR count). The zero-order chi connectivity index (χ0) is 13.2. The molecule has 0 radical (unpaired) electrons. The van der Waals surface area contributed by atoms with Gasteiger partial charge in [0.25, 0.3) is 0 Å². The zero-order valence-corrected chi connectivity index (χ0v) is 11.2. The number of halogens is 3. The molecular formula is C12H20F3NOS. The summed E-state index contributed by atoms with van der Waals surface area (Å²) in [6, 6.07) is 0.579. The summed E-state index contributed by atoms with van der Waals surface area (Å²) in [5, 5.41) is 3.45. The number of hydrogen-bond donors (Lipinski definition) is 1. The van der Waals surface area contributed by atoms with Crippen LogP contribution in [0.15, 0.2) is 0 Å². The smallest absolute Gasteiger partial charge is 0.311 e. The van der Waals surface area contributed by atoms with Gasteiger partial charge in [-0.25, -0.2) is 0 Å². The van der Waals surface area contributed by atoms with Crippen molar-refractivity contribution in [3.05, 3.63) is 0 Å². The molecule has 2 nitrogen and oxygen atoms in total. The van der Waals surface area contributed by atoms with Crippen molar-refractivity contribution < 1.29 is 17.4 Å². The van der Waals surface area contributed by atoms with Gasteiger partial charge in [0, 0.05) is 34.4 Å². The van der Waals surface area contributed by atoms with Gasteiger partial charge in [-0.2, -0.15) is 13.2 Å². The molecule has 0 bridgehead atoms. The fourth-order valence-corrected chi connectivity index (χ4v) is 4.18. The lowest BCUT2D eigenvalue weighted by molar-refractivity contribution is -0.182. The van der Waals surface area contributed by atoms with E-state index in [4.69, 9.17) is 0 Å². The van der Waals surface area contributed by atoms with Crippen molar-refractivity contribution >= 4 is 10.8 Å². The van der Waals surface area contributed by atoms with Crippen LogP contribution in [0.4, 0.5) is 13.2 Å². The fourth-order valence-electron chi connectivity index (χ4n) is 2.88. The van der Waals surface area contributed by atoms with Gasteiger partial charge in [-0.15, -0.1) is 0 Å². The lowest BCUT2D eigenvalue weighted by atomic mass is 9.85. The van der Waals surface area contributed by atoms with E-state index in [0.29, 0.717) is 18.9 Å². The van der Waals surface area contributed by atoms with E-state index < -0.39 is 22.9 Å². The molecule has 0 spiro atoms. The molecule has 2 fully saturated rings. The monoisotopic (exact) mass is 283 g/mol. The van der Waals surface area contributed by atoms with Crippen LogP contribution in [0.1, 0.15) is 38.5 Å². The summed E-state index contributed by atoms with van der Waals surface area (Å²) >= 11 is 0. The van der Waals surface area contributed by atoms with Crippen molar-refractivity contribution in [1.82, 2.24) is 5.32 Å². The Hall–Kier alpha value is -0.100. The molecule has 1 saturated carbocycles. The van der Waals surface area contributed by atoms with Crippen molar-refractivity contribution in [2.75, 3.05) is 11.5 Å². The summed E-state index contributed by atoms with van der Waals surface area (Å²) in [5.41, 5.74) is 0. The van der Waals surface area contributed by atoms with Crippen LogP contribution in [-0.2, 0) is 10.8 Å². The minimum absolute atomic E-state index is 0.222. The molecular weight excluding hydrogens is 263 g/mol. The Balaban J connectivity index is 1.72. The first-order valence-electron chi connectivity index (χ1n) is 6.63. The third-order valence-electron chi connectivity index (χ3n) is 4.05. The highest BCUT2D eigenvalue weighted by Gasteiger charge is 2.41. The van der Waals surface area contributed by atoms with Gasteiger partial charge < -0.3 is 5.32 Å². The number of alkyl halides is 3. The van der Waals surface area contributed by atoms with Crippen LogP contribution >= 0.6 is 0 Å². The Bertz CT molecular complexity index is 290. The van der Waals surface area contributed by atoms with Crippen molar-refractivity contribution in [1.29, 1.82) is 0 Å². The van der Waals surface area contributed by atoms with E-state index in [9.17, 15) is 17.4 Å². The zero-order valence-electron chi connectivity index (χ0n) is 10.3. The highest BCUT2D eigenvalue weighted by molar-refractivity contribution is 7.85. The van der Waals surface area contributed by atoms with Gasteiger partial charge in [0.05, 0.1) is 5.92 Å². The summed E-state index contributed by atoms with van der Waals surface area (Å²) in [4.78, 5) is 0. The minimum atomic E-state index is -4.02. The van der Waals surface area contributed by atoms with Gasteiger partial charge in [-0.1, -0.05) is 0 Å². The topological polar surface area (TPSA) is 29.1 Å². The predicted octanol–water partition coefficient (Wildman–Crippen LogP) is 2.61. The van der Waals surface area contributed by atoms with Gasteiger partial charge in [0.2, 0.25) is 0 Å². The van der Waals surface area contributed by atoms with E-state index in [1.807, 2.05) is 0 Å². The lowest BCUT2D eigenvalue weighted by Gasteiger charge is -2.34. The normalized spacial score (nSPS) is 38.6. The average molecular weight is 283 g/mol. The maximum absolute atomic E-state index is 12.5. The Labute approximate surface area is 108 Å². The van der Waals surface area contributed by atoms with Gasteiger partial charge in [0.15, 0.2) is 0 Å². The van der Waals surface area contributed by atoms with Crippen LogP contribution in [0.5, 0.6) is 0 Å². The van der Waals surface area contributed by atoms with E-state index in [2.05, 4.69) is 5.32 Å². The number of hydrogen-bond acceptors (Lipinski definition) is 2. The molecule has 0 aromatic carbocycles. The fraction of sp³-hybridized carbons (Fsp3) is 1.00. The molecule has 2 aliphatic rings. The highest BCUT2D eigenvalue weighted by atomic mass is 32.2. The van der Waals surface area contributed by atoms with Gasteiger partial charge >= 0.3 is 6.18 Å². The third-order valence-corrected chi connectivity index (χ3v) is 5.43. The Morgan fingerprint density at radius 3 is 1.89 bits per heavy atom. The van der Waals surface area contributed by atoms with Crippen molar-refractivity contribution in [3.63, 3.8) is 0 Å². The molecule has 0 aromatic heterocycles. The molecule has 1 N–H and O–H groups in total. The molecule has 6 heteroatoms. The van der Waals surface area contributed by atoms with Crippen LogP contribution in [0.25, 0.3) is 0 Å². The summed E-state index contributed by atoms with van der Waals surface area (Å²) in [5.74, 6) is 0.361. The largest absolute Gasteiger partial charge is 0.391 e. The first-order valence-corrected chi connectivity index (χ1v) is 8.11. The van der Waals surface area contributed by atoms with Crippen LogP contribution in [0.3, 0.4) is 0 Å². The number of rotatable bonds is 2. The summed E-state index contributed by atoms with van der Waals surface area (Å²) in [7, 11) is -0.674. The molecule has 0 atom stereocenters. The molecule has 1 aliphatic heterocycles. The van der Waals surface area contributed by atoms with Crippen molar-refractivity contribution in [3.8, 4) is 0 Å². The van der Waals surface area contributed by atoms with Crippen LogP contribution in [-0.4, -0.2) is 34.0 Å². The first-order chi connectivity index (χ1) is 8.45. The molecule has 18 heavy (non-hydrogen) atoms. The van der Waals surface area contributed by atoms with E-state index in [1.165, 1.54) is 0 Å². The van der Waals surface area contributed by atoms with E-state index in [-0.39, 0.29) is 18.9 Å². The number of nitrogens with one attached hydrogen (secondary N) is 1. The Kier molecular flexibility index (Phi) is 4.69. The standard InChI is InChI=1S/C12H20F3NOS/c13-12(14,15)9-1-3-10(4-2-9)16-11-5-7-18(17)8-6-11/h9-11,16H,1-8H2. The van der Waals surface area contributed by atoms with Crippen LogP contribution in [0, 0.1) is 5.92 Å². The minimum Gasteiger partial charge on any atom is -0.311 e. The van der Waals surface area contributed by atoms with Gasteiger partial charge in [-0.3, -0.25) is 4.21 Å². The highest BCUT2D eigenvalue weighted by Crippen LogP contribution is 2.37. The second-order valence-electron chi connectivity index (χ2n) is 5.38. The molecule has 1 saturated heterocycles. The molecule has 106 valence electrons. The van der Waals surface area contributed by atoms with Gasteiger partial charge in [-0.05, 0) is 38.5 Å². The molecule has 1 heterocycles. The quantitative estimate of drug-likeness (QED) is 0.844. The summed E-state index contributed by atoms with van der Waals surface area (Å²) in [6.45, 7) is 0. The van der Waals surface area contributed by atoms with Crippen molar-refractivity contribution in [2.45, 2.75) is 56.8 Å². The molecule has 0 amide bonds. The van der Waals surface area contributed by atoms with Crippen molar-refractivity contribution in [2.24, 2.45) is 5.92 Å². The van der Waals surface area contributed by atoms with E-state index in [1.54, 1.807) is 0 Å². The molecule has 1 aliphatic carbocycles. The third kappa shape index (κ3) is 3.95. The predicted molar refractivity (Wildman–Crippen MR) is 65.8 cm³/mol. The SMILES string of the molecule is O=S1CCC(NC2CCC(C(F)(F)F)CC2)CC1. The first kappa shape index (κ1) is 14.3. The maximum atomic E-state index is 12.5. The lowest BCUT2D eigenvalue weighted by Crippen LogP contribution is -2.44. The Morgan fingerprint density at radius 2 is 1.39 bits per heavy atom. The average Bonchev–Trinajstić information content (AvgIpc) is 2.32. The Morgan fingerprint density at radius 1 is 0.889 bits per heavy atom. The van der Waals surface area contributed by atoms with E-state index >= 15 is 0 Å². The summed E-state index contributed by atoms with van der Waals surface area (Å²) in [6.07, 6.45) is -0.502.